The number of aryl methyl sites for hydroxylation is 1. The molecular formula is C10H9BrN2O2. The quantitative estimate of drug-likeness (QED) is 0.745. The Kier molecular flexibility index (Phi) is 2.48. The predicted molar refractivity (Wildman–Crippen MR) is 59.8 cm³/mol. The lowest BCUT2D eigenvalue weighted by Crippen LogP contribution is -2.01. The van der Waals surface area contributed by atoms with Gasteiger partial charge >= 0.3 is 5.97 Å². The van der Waals surface area contributed by atoms with Crippen molar-refractivity contribution in [3.63, 3.8) is 0 Å². The number of ether oxygens (including phenoxy) is 1. The van der Waals surface area contributed by atoms with Crippen molar-refractivity contribution in [1.82, 2.24) is 9.78 Å². The van der Waals surface area contributed by atoms with Crippen molar-refractivity contribution in [2.45, 2.75) is 0 Å². The summed E-state index contributed by atoms with van der Waals surface area (Å²) in [4.78, 5) is 11.3. The molecule has 0 unspecified atom stereocenters. The van der Waals surface area contributed by atoms with E-state index in [4.69, 9.17) is 0 Å². The lowest BCUT2D eigenvalue weighted by molar-refractivity contribution is 0.0601. The summed E-state index contributed by atoms with van der Waals surface area (Å²) in [5, 5.41) is 5.17. The Labute approximate surface area is 95.0 Å². The Balaban J connectivity index is 2.65. The highest BCUT2D eigenvalue weighted by Crippen LogP contribution is 2.23. The highest BCUT2D eigenvalue weighted by Gasteiger charge is 2.10. The van der Waals surface area contributed by atoms with Crippen LogP contribution in [0.5, 0.6) is 0 Å². The molecule has 2 rings (SSSR count). The van der Waals surface area contributed by atoms with Crippen molar-refractivity contribution in [2.24, 2.45) is 7.05 Å². The van der Waals surface area contributed by atoms with Gasteiger partial charge in [-0.1, -0.05) is 0 Å². The molecule has 0 saturated carbocycles. The number of carbonyl (C=O) groups excluding carboxylic acids is 1. The average molecular weight is 269 g/mol. The Morgan fingerprint density at radius 1 is 1.53 bits per heavy atom. The van der Waals surface area contributed by atoms with Gasteiger partial charge in [0.2, 0.25) is 0 Å². The van der Waals surface area contributed by atoms with Crippen LogP contribution in [0, 0.1) is 0 Å². The van der Waals surface area contributed by atoms with Gasteiger partial charge in [-0.05, 0) is 34.1 Å². The van der Waals surface area contributed by atoms with Crippen LogP contribution in [0.15, 0.2) is 22.8 Å². The summed E-state index contributed by atoms with van der Waals surface area (Å²) in [5.74, 6) is -0.339. The van der Waals surface area contributed by atoms with Crippen molar-refractivity contribution in [2.75, 3.05) is 7.11 Å². The summed E-state index contributed by atoms with van der Waals surface area (Å²) in [5.41, 5.74) is 1.42. The van der Waals surface area contributed by atoms with Crippen molar-refractivity contribution < 1.29 is 9.53 Å². The van der Waals surface area contributed by atoms with Crippen LogP contribution in [0.1, 0.15) is 10.4 Å². The van der Waals surface area contributed by atoms with Crippen molar-refractivity contribution in [3.05, 3.63) is 28.4 Å². The fraction of sp³-hybridized carbons (Fsp3) is 0.200. The number of fused-ring (bicyclic) bond motifs is 1. The maximum atomic E-state index is 11.3. The molecule has 1 aromatic carbocycles. The fourth-order valence-electron chi connectivity index (χ4n) is 1.46. The number of rotatable bonds is 1. The van der Waals surface area contributed by atoms with E-state index >= 15 is 0 Å². The number of esters is 1. The first-order valence-electron chi connectivity index (χ1n) is 4.34. The predicted octanol–water partition coefficient (Wildman–Crippen LogP) is 2.12. The molecule has 78 valence electrons. The zero-order chi connectivity index (χ0) is 11.0. The van der Waals surface area contributed by atoms with Crippen LogP contribution >= 0.6 is 15.9 Å². The SMILES string of the molecule is COC(=O)c1ccc2c(Br)nn(C)c2c1. The van der Waals surface area contributed by atoms with Gasteiger partial charge in [0.15, 0.2) is 0 Å². The highest BCUT2D eigenvalue weighted by molar-refractivity contribution is 9.10. The minimum Gasteiger partial charge on any atom is -0.465 e. The lowest BCUT2D eigenvalue weighted by atomic mass is 10.2. The second-order valence-electron chi connectivity index (χ2n) is 3.14. The normalized spacial score (nSPS) is 10.6. The number of aromatic nitrogens is 2. The number of benzene rings is 1. The molecule has 0 aliphatic carbocycles. The zero-order valence-corrected chi connectivity index (χ0v) is 9.91. The summed E-state index contributed by atoms with van der Waals surface area (Å²) in [7, 11) is 3.19. The van der Waals surface area contributed by atoms with Gasteiger partial charge in [-0.15, -0.1) is 0 Å². The average Bonchev–Trinajstić information content (AvgIpc) is 2.53. The number of carbonyl (C=O) groups is 1. The van der Waals surface area contributed by atoms with E-state index in [0.717, 1.165) is 15.5 Å². The third-order valence-corrected chi connectivity index (χ3v) is 2.81. The van der Waals surface area contributed by atoms with E-state index < -0.39 is 0 Å². The van der Waals surface area contributed by atoms with E-state index in [1.165, 1.54) is 7.11 Å². The topological polar surface area (TPSA) is 44.1 Å². The highest BCUT2D eigenvalue weighted by atomic mass is 79.9. The zero-order valence-electron chi connectivity index (χ0n) is 8.32. The van der Waals surface area contributed by atoms with Gasteiger partial charge in [-0.25, -0.2) is 4.79 Å². The minimum atomic E-state index is -0.339. The van der Waals surface area contributed by atoms with Gasteiger partial charge in [-0.3, -0.25) is 4.68 Å². The summed E-state index contributed by atoms with van der Waals surface area (Å²) >= 11 is 3.35. The van der Waals surface area contributed by atoms with E-state index in [0.29, 0.717) is 5.56 Å². The third kappa shape index (κ3) is 1.63. The molecule has 0 aliphatic heterocycles. The summed E-state index contributed by atoms with van der Waals surface area (Å²) in [6.45, 7) is 0. The largest absolute Gasteiger partial charge is 0.465 e. The van der Waals surface area contributed by atoms with E-state index in [-0.39, 0.29) is 5.97 Å². The Hall–Kier alpha value is -1.36. The molecule has 4 nitrogen and oxygen atoms in total. The Morgan fingerprint density at radius 2 is 2.27 bits per heavy atom. The molecule has 0 aliphatic rings. The molecule has 0 fully saturated rings. The van der Waals surface area contributed by atoms with Crippen molar-refractivity contribution in [1.29, 1.82) is 0 Å². The molecular weight excluding hydrogens is 260 g/mol. The first-order valence-corrected chi connectivity index (χ1v) is 5.13. The van der Waals surface area contributed by atoms with Crippen LogP contribution in [0.2, 0.25) is 0 Å². The van der Waals surface area contributed by atoms with Gasteiger partial charge in [0.25, 0.3) is 0 Å². The van der Waals surface area contributed by atoms with Crippen LogP contribution in [-0.4, -0.2) is 22.9 Å². The van der Waals surface area contributed by atoms with Crippen molar-refractivity contribution >= 4 is 32.8 Å². The number of halogens is 1. The van der Waals surface area contributed by atoms with Crippen molar-refractivity contribution in [3.8, 4) is 0 Å². The Bertz CT molecular complexity index is 533. The summed E-state index contributed by atoms with van der Waals surface area (Å²) < 4.78 is 7.14. The molecule has 1 heterocycles. The molecule has 0 N–H and O–H groups in total. The van der Waals surface area contributed by atoms with Crippen LogP contribution in [0.25, 0.3) is 10.9 Å². The van der Waals surface area contributed by atoms with Gasteiger partial charge in [0.1, 0.15) is 4.60 Å². The number of hydrogen-bond donors (Lipinski definition) is 0. The van der Waals surface area contributed by atoms with Gasteiger partial charge in [-0.2, -0.15) is 5.10 Å². The Morgan fingerprint density at radius 3 is 2.93 bits per heavy atom. The molecule has 0 amide bonds. The molecule has 0 radical (unpaired) electrons. The second kappa shape index (κ2) is 3.66. The minimum absolute atomic E-state index is 0.339. The molecule has 2 aromatic rings. The number of hydrogen-bond acceptors (Lipinski definition) is 3. The van der Waals surface area contributed by atoms with E-state index in [9.17, 15) is 4.79 Å². The molecule has 0 spiro atoms. The van der Waals surface area contributed by atoms with E-state index in [1.54, 1.807) is 16.8 Å². The first kappa shape index (κ1) is 10.2. The van der Waals surface area contributed by atoms with E-state index in [2.05, 4.69) is 25.8 Å². The first-order chi connectivity index (χ1) is 7.13. The number of methoxy groups -OCH3 is 1. The van der Waals surface area contributed by atoms with Crippen LogP contribution < -0.4 is 0 Å². The monoisotopic (exact) mass is 268 g/mol. The second-order valence-corrected chi connectivity index (χ2v) is 3.89. The maximum absolute atomic E-state index is 11.3. The maximum Gasteiger partial charge on any atom is 0.337 e. The summed E-state index contributed by atoms with van der Waals surface area (Å²) in [6.07, 6.45) is 0. The van der Waals surface area contributed by atoms with Crippen LogP contribution in [0.3, 0.4) is 0 Å². The molecule has 15 heavy (non-hydrogen) atoms. The van der Waals surface area contributed by atoms with Gasteiger partial charge < -0.3 is 4.74 Å². The van der Waals surface area contributed by atoms with E-state index in [1.807, 2.05) is 13.1 Å². The lowest BCUT2D eigenvalue weighted by Gasteiger charge is -1.99. The van der Waals surface area contributed by atoms with Crippen LogP contribution in [0.4, 0.5) is 0 Å². The molecule has 5 heteroatoms. The molecule has 0 atom stereocenters. The third-order valence-electron chi connectivity index (χ3n) is 2.23. The van der Waals surface area contributed by atoms with Crippen LogP contribution in [-0.2, 0) is 11.8 Å². The molecule has 1 aromatic heterocycles. The standard InChI is InChI=1S/C10H9BrN2O2/c1-13-8-5-6(10(14)15-2)3-4-7(8)9(11)12-13/h3-5H,1-2H3. The molecule has 0 saturated heterocycles. The smallest absolute Gasteiger partial charge is 0.337 e. The fourth-order valence-corrected chi connectivity index (χ4v) is 2.03. The molecule has 0 bridgehead atoms. The number of nitrogens with zero attached hydrogens (tertiary/aromatic N) is 2. The van der Waals surface area contributed by atoms with Gasteiger partial charge in [0.05, 0.1) is 18.2 Å². The van der Waals surface area contributed by atoms with Gasteiger partial charge in [0, 0.05) is 12.4 Å². The summed E-state index contributed by atoms with van der Waals surface area (Å²) in [6, 6.07) is 5.33.